The molecule has 8 rings (SSSR count). The highest BCUT2D eigenvalue weighted by Gasteiger charge is 2.19. The number of sulfone groups is 2. The minimum absolute atomic E-state index is 0.131. The minimum atomic E-state index is -3.80. The summed E-state index contributed by atoms with van der Waals surface area (Å²) in [6.07, 6.45) is 0. The molecule has 304 valence electrons. The first-order chi connectivity index (χ1) is 29.5. The second-order valence-corrected chi connectivity index (χ2v) is 17.7. The minimum Gasteiger partial charge on any atom is -0.497 e. The fraction of sp³-hybridized carbons (Fsp3) is 0.0400. The van der Waals surface area contributed by atoms with Crippen LogP contribution in [0.15, 0.2) is 214 Å². The Hall–Kier alpha value is -7.34. The van der Waals surface area contributed by atoms with Crippen LogP contribution in [0.5, 0.6) is 51.7 Å². The lowest BCUT2D eigenvalue weighted by Crippen LogP contribution is -2.01. The van der Waals surface area contributed by atoms with E-state index in [1.807, 2.05) is 79.7 Å². The average Bonchev–Trinajstić information content (AvgIpc) is 3.29. The molecule has 0 aliphatic carbocycles. The SMILES string of the molecule is COc1ccc(Oc2ccc(Oc3ccc(S(=O)(=O)c4ccc(Oc5ccc(-c6ccc(Oc7ccc(S(=O)(=O)c8ccc(C)cc8)cc7)cc6)cc5)cc4)cc3)cc2)cc1. The Labute approximate surface area is 354 Å². The molecule has 0 saturated heterocycles. The van der Waals surface area contributed by atoms with Gasteiger partial charge in [-0.05, 0) is 176 Å². The molecule has 0 radical (unpaired) electrons. The van der Waals surface area contributed by atoms with Crippen molar-refractivity contribution in [3.63, 3.8) is 0 Å². The summed E-state index contributed by atoms with van der Waals surface area (Å²) in [5.74, 6) is 5.29. The molecule has 11 heteroatoms. The van der Waals surface area contributed by atoms with Crippen LogP contribution >= 0.6 is 0 Å². The van der Waals surface area contributed by atoms with Crippen molar-refractivity contribution in [2.75, 3.05) is 7.11 Å². The fourth-order valence-electron chi connectivity index (χ4n) is 6.24. The van der Waals surface area contributed by atoms with Crippen LogP contribution in [0.3, 0.4) is 0 Å². The zero-order valence-electron chi connectivity index (χ0n) is 33.0. The molecule has 8 aromatic carbocycles. The van der Waals surface area contributed by atoms with Crippen molar-refractivity contribution in [2.24, 2.45) is 0 Å². The molecule has 0 atom stereocenters. The van der Waals surface area contributed by atoms with Crippen molar-refractivity contribution >= 4 is 19.7 Å². The predicted octanol–water partition coefficient (Wildman–Crippen LogP) is 12.5. The number of aryl methyl sites for hydroxylation is 1. The van der Waals surface area contributed by atoms with E-state index >= 15 is 0 Å². The predicted molar refractivity (Wildman–Crippen MR) is 233 cm³/mol. The van der Waals surface area contributed by atoms with Crippen molar-refractivity contribution in [2.45, 2.75) is 26.5 Å². The van der Waals surface area contributed by atoms with Gasteiger partial charge < -0.3 is 23.7 Å². The van der Waals surface area contributed by atoms with Crippen LogP contribution in [-0.4, -0.2) is 23.9 Å². The van der Waals surface area contributed by atoms with Gasteiger partial charge in [-0.2, -0.15) is 0 Å². The molecule has 0 spiro atoms. The molecule has 0 heterocycles. The quantitative estimate of drug-likeness (QED) is 0.105. The molecule has 61 heavy (non-hydrogen) atoms. The van der Waals surface area contributed by atoms with E-state index in [2.05, 4.69) is 0 Å². The van der Waals surface area contributed by atoms with Crippen molar-refractivity contribution in [1.82, 2.24) is 0 Å². The van der Waals surface area contributed by atoms with Gasteiger partial charge in [-0.25, -0.2) is 16.8 Å². The lowest BCUT2D eigenvalue weighted by molar-refractivity contribution is 0.413. The van der Waals surface area contributed by atoms with E-state index < -0.39 is 19.7 Å². The van der Waals surface area contributed by atoms with Gasteiger partial charge in [-0.15, -0.1) is 0 Å². The summed E-state index contributed by atoms with van der Waals surface area (Å²) >= 11 is 0. The highest BCUT2D eigenvalue weighted by atomic mass is 32.2. The van der Waals surface area contributed by atoms with Gasteiger partial charge in [0.15, 0.2) is 0 Å². The molecule has 8 aromatic rings. The Bertz CT molecular complexity index is 2950. The monoisotopic (exact) mass is 846 g/mol. The van der Waals surface area contributed by atoms with Crippen LogP contribution in [-0.2, 0) is 19.7 Å². The normalized spacial score (nSPS) is 11.4. The van der Waals surface area contributed by atoms with Crippen LogP contribution in [0.2, 0.25) is 0 Å². The summed E-state index contributed by atoms with van der Waals surface area (Å²) in [4.78, 5) is 0.701. The molecule has 0 unspecified atom stereocenters. The molecule has 0 fully saturated rings. The molecule has 0 aliphatic heterocycles. The summed E-state index contributed by atoms with van der Waals surface area (Å²) in [5.41, 5.74) is 2.90. The van der Waals surface area contributed by atoms with Gasteiger partial charge in [0.25, 0.3) is 0 Å². The number of rotatable bonds is 14. The van der Waals surface area contributed by atoms with Gasteiger partial charge in [0, 0.05) is 0 Å². The van der Waals surface area contributed by atoms with Crippen molar-refractivity contribution < 1.29 is 40.5 Å². The molecule has 0 amide bonds. The maximum absolute atomic E-state index is 13.4. The standard InChI is InChI=1S/C50H38O9S2/c1-35-3-27-47(28-4-35)60(51,52)48-29-21-44(22-30-48)56-39-9-5-36(6-10-39)37-7-11-40(12-8-37)57-45-23-31-49(32-24-45)61(53,54)50-33-25-46(26-34-50)59-43-19-17-42(18-20-43)58-41-15-13-38(55-2)14-16-41/h3-34H,1-2H3. The second kappa shape index (κ2) is 17.5. The van der Waals surface area contributed by atoms with E-state index in [1.54, 1.807) is 104 Å². The smallest absolute Gasteiger partial charge is 0.206 e. The number of hydrogen-bond donors (Lipinski definition) is 0. The van der Waals surface area contributed by atoms with Crippen LogP contribution in [0.25, 0.3) is 11.1 Å². The molecule has 9 nitrogen and oxygen atoms in total. The van der Waals surface area contributed by atoms with Gasteiger partial charge in [0.1, 0.15) is 51.7 Å². The lowest BCUT2D eigenvalue weighted by Gasteiger charge is -2.11. The molecular weight excluding hydrogens is 809 g/mol. The highest BCUT2D eigenvalue weighted by molar-refractivity contribution is 7.91. The fourth-order valence-corrected chi connectivity index (χ4v) is 8.77. The van der Waals surface area contributed by atoms with Crippen LogP contribution < -0.4 is 23.7 Å². The topological polar surface area (TPSA) is 114 Å². The first-order valence-electron chi connectivity index (χ1n) is 19.0. The Morgan fingerprint density at radius 3 is 0.721 bits per heavy atom. The van der Waals surface area contributed by atoms with Crippen LogP contribution in [0.1, 0.15) is 5.56 Å². The van der Waals surface area contributed by atoms with Crippen LogP contribution in [0, 0.1) is 6.92 Å². The van der Waals surface area contributed by atoms with Gasteiger partial charge >= 0.3 is 0 Å². The third-order valence-corrected chi connectivity index (χ3v) is 13.2. The van der Waals surface area contributed by atoms with E-state index in [-0.39, 0.29) is 19.6 Å². The Balaban J connectivity index is 0.834. The van der Waals surface area contributed by atoms with Gasteiger partial charge in [0.05, 0.1) is 26.7 Å². The summed E-state index contributed by atoms with van der Waals surface area (Å²) < 4.78 is 81.9. The summed E-state index contributed by atoms with van der Waals surface area (Å²) in [6, 6.07) is 55.1. The maximum atomic E-state index is 13.4. The van der Waals surface area contributed by atoms with Crippen molar-refractivity contribution in [3.05, 3.63) is 200 Å². The second-order valence-electron chi connectivity index (χ2n) is 13.8. The molecule has 0 aromatic heterocycles. The van der Waals surface area contributed by atoms with E-state index in [4.69, 9.17) is 23.7 Å². The zero-order valence-corrected chi connectivity index (χ0v) is 34.6. The number of hydrogen-bond acceptors (Lipinski definition) is 9. The third-order valence-electron chi connectivity index (χ3n) is 9.60. The molecule has 0 N–H and O–H groups in total. The first kappa shape index (κ1) is 40.4. The molecule has 0 bridgehead atoms. The molecular formula is C50H38O9S2. The zero-order chi connectivity index (χ0) is 42.4. The average molecular weight is 847 g/mol. The third kappa shape index (κ3) is 9.60. The van der Waals surface area contributed by atoms with E-state index in [1.165, 1.54) is 24.3 Å². The van der Waals surface area contributed by atoms with Crippen LogP contribution in [0.4, 0.5) is 0 Å². The highest BCUT2D eigenvalue weighted by Crippen LogP contribution is 2.33. The summed E-state index contributed by atoms with van der Waals surface area (Å²) in [7, 11) is -5.82. The first-order valence-corrected chi connectivity index (χ1v) is 22.0. The van der Waals surface area contributed by atoms with Gasteiger partial charge in [0.2, 0.25) is 19.7 Å². The Morgan fingerprint density at radius 1 is 0.279 bits per heavy atom. The Kier molecular flexibility index (Phi) is 11.6. The van der Waals surface area contributed by atoms with Gasteiger partial charge in [-0.3, -0.25) is 0 Å². The molecule has 0 saturated carbocycles. The van der Waals surface area contributed by atoms with E-state index in [0.29, 0.717) is 46.0 Å². The maximum Gasteiger partial charge on any atom is 0.206 e. The number of benzene rings is 8. The van der Waals surface area contributed by atoms with E-state index in [9.17, 15) is 16.8 Å². The number of methoxy groups -OCH3 is 1. The van der Waals surface area contributed by atoms with E-state index in [0.717, 1.165) is 22.4 Å². The Morgan fingerprint density at radius 2 is 0.475 bits per heavy atom. The lowest BCUT2D eigenvalue weighted by atomic mass is 10.1. The van der Waals surface area contributed by atoms with Gasteiger partial charge in [-0.1, -0.05) is 42.0 Å². The molecule has 0 aliphatic rings. The van der Waals surface area contributed by atoms with Crippen molar-refractivity contribution in [1.29, 1.82) is 0 Å². The number of ether oxygens (including phenoxy) is 5. The summed E-state index contributed by atoms with van der Waals surface area (Å²) in [5, 5.41) is 0. The summed E-state index contributed by atoms with van der Waals surface area (Å²) in [6.45, 7) is 1.91. The van der Waals surface area contributed by atoms with Crippen molar-refractivity contribution in [3.8, 4) is 62.9 Å². The largest absolute Gasteiger partial charge is 0.497 e.